The summed E-state index contributed by atoms with van der Waals surface area (Å²) in [6, 6.07) is 2.34. The molecule has 1 aliphatic rings. The number of aliphatic hydroxyl groups is 1. The highest BCUT2D eigenvalue weighted by Crippen LogP contribution is 2.38. The summed E-state index contributed by atoms with van der Waals surface area (Å²) >= 11 is 0. The molecule has 2 aromatic rings. The van der Waals surface area contributed by atoms with Gasteiger partial charge in [-0.3, -0.25) is 19.6 Å². The van der Waals surface area contributed by atoms with Crippen LogP contribution in [0.15, 0.2) is 34.1 Å². The Morgan fingerprint density at radius 2 is 2.08 bits per heavy atom. The molecule has 1 saturated carbocycles. The first-order chi connectivity index (χ1) is 12.0. The molecule has 0 aliphatic heterocycles. The highest BCUT2D eigenvalue weighted by atomic mass is 16.5. The van der Waals surface area contributed by atoms with E-state index in [2.05, 4.69) is 15.3 Å². The van der Waals surface area contributed by atoms with E-state index in [1.807, 2.05) is 4.98 Å². The summed E-state index contributed by atoms with van der Waals surface area (Å²) in [5.41, 5.74) is -0.824. The number of pyridine rings is 1. The lowest BCUT2D eigenvalue weighted by molar-refractivity contribution is 0.0234. The van der Waals surface area contributed by atoms with E-state index in [0.29, 0.717) is 18.6 Å². The van der Waals surface area contributed by atoms with Crippen LogP contribution >= 0.6 is 0 Å². The number of carbonyl (C=O) groups is 1. The molecule has 9 nitrogen and oxygen atoms in total. The van der Waals surface area contributed by atoms with Crippen molar-refractivity contribution in [2.75, 3.05) is 7.11 Å². The van der Waals surface area contributed by atoms with E-state index in [4.69, 9.17) is 4.74 Å². The van der Waals surface area contributed by atoms with Crippen LogP contribution in [0.1, 0.15) is 34.9 Å². The third-order valence-electron chi connectivity index (χ3n) is 4.24. The fourth-order valence-corrected chi connectivity index (χ4v) is 2.90. The molecule has 0 saturated heterocycles. The minimum Gasteiger partial charge on any atom is -0.495 e. The van der Waals surface area contributed by atoms with E-state index in [-0.39, 0.29) is 11.6 Å². The number of aromatic amines is 2. The van der Waals surface area contributed by atoms with Gasteiger partial charge in [0.15, 0.2) is 0 Å². The van der Waals surface area contributed by atoms with Gasteiger partial charge in [0.2, 0.25) is 0 Å². The zero-order valence-electron chi connectivity index (χ0n) is 13.5. The molecule has 0 bridgehead atoms. The van der Waals surface area contributed by atoms with Gasteiger partial charge in [-0.15, -0.1) is 0 Å². The summed E-state index contributed by atoms with van der Waals surface area (Å²) in [6.07, 6.45) is 3.83. The Kier molecular flexibility index (Phi) is 4.66. The minimum absolute atomic E-state index is 0.0153. The zero-order valence-corrected chi connectivity index (χ0v) is 13.5. The van der Waals surface area contributed by atoms with Crippen molar-refractivity contribution in [3.8, 4) is 5.75 Å². The van der Waals surface area contributed by atoms with Crippen molar-refractivity contribution < 1.29 is 14.6 Å². The number of rotatable bonds is 5. The van der Waals surface area contributed by atoms with Crippen molar-refractivity contribution >= 4 is 5.91 Å². The van der Waals surface area contributed by atoms with E-state index in [0.717, 1.165) is 11.6 Å². The molecule has 1 atom stereocenters. The maximum Gasteiger partial charge on any atom is 0.326 e. The van der Waals surface area contributed by atoms with E-state index in [9.17, 15) is 19.5 Å². The largest absolute Gasteiger partial charge is 0.495 e. The van der Waals surface area contributed by atoms with Gasteiger partial charge in [-0.05, 0) is 30.4 Å². The summed E-state index contributed by atoms with van der Waals surface area (Å²) in [4.78, 5) is 43.6. The average Bonchev–Trinajstić information content (AvgIpc) is 2.56. The fourth-order valence-electron chi connectivity index (χ4n) is 2.90. The minimum atomic E-state index is -0.753. The van der Waals surface area contributed by atoms with Gasteiger partial charge in [-0.25, -0.2) is 4.79 Å². The van der Waals surface area contributed by atoms with Crippen molar-refractivity contribution in [1.29, 1.82) is 0 Å². The van der Waals surface area contributed by atoms with Crippen LogP contribution in [0.25, 0.3) is 0 Å². The number of H-pyrrole nitrogens is 2. The van der Waals surface area contributed by atoms with Crippen molar-refractivity contribution in [3.05, 3.63) is 56.6 Å². The van der Waals surface area contributed by atoms with Crippen LogP contribution in [-0.2, 0) is 0 Å². The molecule has 1 fully saturated rings. The molecular formula is C16H18N4O5. The standard InChI is InChI=1S/C16H18N4O5/c1-25-11-4-9(6-17-7-11)14(8-2-10(21)3-8)20-15(23)12-5-13(22)19-16(24)18-12/h4-8,10,14,21H,2-3H2,1H3,(H,20,23)(H2,18,19,22,24)/t8?,10?,14-/m1/s1. The fraction of sp³-hybridized carbons (Fsp3) is 0.375. The third-order valence-corrected chi connectivity index (χ3v) is 4.24. The van der Waals surface area contributed by atoms with Crippen LogP contribution in [0.2, 0.25) is 0 Å². The number of nitrogens with one attached hydrogen (secondary N) is 3. The maximum absolute atomic E-state index is 12.5. The van der Waals surface area contributed by atoms with E-state index in [1.165, 1.54) is 7.11 Å². The number of aromatic nitrogens is 3. The van der Waals surface area contributed by atoms with Crippen molar-refractivity contribution in [3.63, 3.8) is 0 Å². The smallest absolute Gasteiger partial charge is 0.326 e. The molecule has 1 amide bonds. The highest BCUT2D eigenvalue weighted by molar-refractivity contribution is 5.92. The Balaban J connectivity index is 1.88. The molecule has 0 spiro atoms. The molecule has 3 rings (SSSR count). The molecule has 1 aliphatic carbocycles. The Labute approximate surface area is 142 Å². The zero-order chi connectivity index (χ0) is 18.0. The number of hydrogen-bond acceptors (Lipinski definition) is 6. The molecule has 0 unspecified atom stereocenters. The van der Waals surface area contributed by atoms with Crippen LogP contribution < -0.4 is 21.3 Å². The lowest BCUT2D eigenvalue weighted by Gasteiger charge is -2.38. The average molecular weight is 346 g/mol. The number of hydrogen-bond donors (Lipinski definition) is 4. The summed E-state index contributed by atoms with van der Waals surface area (Å²) in [7, 11) is 1.52. The third kappa shape index (κ3) is 3.77. The number of aliphatic hydroxyl groups excluding tert-OH is 1. The summed E-state index contributed by atoms with van der Waals surface area (Å²) in [5, 5.41) is 12.4. The van der Waals surface area contributed by atoms with Gasteiger partial charge < -0.3 is 20.1 Å². The lowest BCUT2D eigenvalue weighted by atomic mass is 9.75. The topological polar surface area (TPSA) is 137 Å². The molecule has 132 valence electrons. The van der Waals surface area contributed by atoms with Crippen LogP contribution in [0, 0.1) is 5.92 Å². The Morgan fingerprint density at radius 1 is 1.32 bits per heavy atom. The van der Waals surface area contributed by atoms with Crippen molar-refractivity contribution in [2.24, 2.45) is 5.92 Å². The van der Waals surface area contributed by atoms with Gasteiger partial charge in [0.1, 0.15) is 11.4 Å². The molecule has 25 heavy (non-hydrogen) atoms. The molecule has 0 radical (unpaired) electrons. The summed E-state index contributed by atoms with van der Waals surface area (Å²) < 4.78 is 5.16. The second-order valence-corrected chi connectivity index (χ2v) is 6.00. The summed E-state index contributed by atoms with van der Waals surface area (Å²) in [6.45, 7) is 0. The van der Waals surface area contributed by atoms with Gasteiger partial charge in [-0.2, -0.15) is 0 Å². The normalized spacial score (nSPS) is 20.4. The van der Waals surface area contributed by atoms with Gasteiger partial charge in [0.25, 0.3) is 11.5 Å². The Bertz CT molecular complexity index is 856. The SMILES string of the molecule is COc1cncc([C@H](NC(=O)c2cc(=O)[nH]c(=O)[nH]2)C2CC(O)C2)c1. The van der Waals surface area contributed by atoms with Crippen LogP contribution in [0.5, 0.6) is 5.75 Å². The van der Waals surface area contributed by atoms with E-state index < -0.39 is 29.3 Å². The Morgan fingerprint density at radius 3 is 2.72 bits per heavy atom. The van der Waals surface area contributed by atoms with E-state index in [1.54, 1.807) is 18.5 Å². The molecule has 9 heteroatoms. The molecular weight excluding hydrogens is 328 g/mol. The molecule has 2 heterocycles. The van der Waals surface area contributed by atoms with Gasteiger partial charge >= 0.3 is 5.69 Å². The maximum atomic E-state index is 12.5. The second kappa shape index (κ2) is 6.89. The Hall–Kier alpha value is -2.94. The van der Waals surface area contributed by atoms with E-state index >= 15 is 0 Å². The number of amides is 1. The number of nitrogens with zero attached hydrogens (tertiary/aromatic N) is 1. The van der Waals surface area contributed by atoms with Gasteiger partial charge in [-0.1, -0.05) is 0 Å². The number of ether oxygens (including phenoxy) is 1. The van der Waals surface area contributed by atoms with Crippen LogP contribution in [0.3, 0.4) is 0 Å². The van der Waals surface area contributed by atoms with Gasteiger partial charge in [0, 0.05) is 12.3 Å². The highest BCUT2D eigenvalue weighted by Gasteiger charge is 2.36. The summed E-state index contributed by atoms with van der Waals surface area (Å²) in [5.74, 6) is -0.0276. The first-order valence-corrected chi connectivity index (χ1v) is 7.78. The first kappa shape index (κ1) is 16.9. The molecule has 2 aromatic heterocycles. The second-order valence-electron chi connectivity index (χ2n) is 6.00. The van der Waals surface area contributed by atoms with Crippen molar-refractivity contribution in [2.45, 2.75) is 25.0 Å². The van der Waals surface area contributed by atoms with Crippen LogP contribution in [0.4, 0.5) is 0 Å². The predicted molar refractivity (Wildman–Crippen MR) is 87.4 cm³/mol. The number of carbonyl (C=O) groups excluding carboxylic acids is 1. The lowest BCUT2D eigenvalue weighted by Crippen LogP contribution is -2.42. The van der Waals surface area contributed by atoms with Gasteiger partial charge in [0.05, 0.1) is 25.5 Å². The molecule has 4 N–H and O–H groups in total. The van der Waals surface area contributed by atoms with Crippen LogP contribution in [-0.4, -0.2) is 39.2 Å². The molecule has 0 aromatic carbocycles. The van der Waals surface area contributed by atoms with Crippen molar-refractivity contribution in [1.82, 2.24) is 20.3 Å². The first-order valence-electron chi connectivity index (χ1n) is 7.78. The quantitative estimate of drug-likeness (QED) is 0.587. The monoisotopic (exact) mass is 346 g/mol. The number of methoxy groups -OCH3 is 1. The predicted octanol–water partition coefficient (Wildman–Crippen LogP) is -0.291.